The van der Waals surface area contributed by atoms with Crippen molar-refractivity contribution in [1.82, 2.24) is 4.90 Å². The number of rotatable bonds is 5. The first-order valence-corrected chi connectivity index (χ1v) is 16.0. The van der Waals surface area contributed by atoms with Gasteiger partial charge in [-0.2, -0.15) is 0 Å². The molecule has 0 radical (unpaired) electrons. The van der Waals surface area contributed by atoms with E-state index in [0.29, 0.717) is 6.54 Å². The normalized spacial score (nSPS) is 26.4. The number of amides is 1. The fraction of sp³-hybridized carbons (Fsp3) is 0.545. The predicted octanol–water partition coefficient (Wildman–Crippen LogP) is 5.16. The van der Waals surface area contributed by atoms with Gasteiger partial charge in [0.05, 0.1) is 0 Å². The molecule has 1 aromatic rings. The van der Waals surface area contributed by atoms with Gasteiger partial charge < -0.3 is 0 Å². The fourth-order valence-electron chi connectivity index (χ4n) is 3.58. The van der Waals surface area contributed by atoms with Gasteiger partial charge in [0.1, 0.15) is 0 Å². The SMILES string of the molecule is C[C@@H](O[Si](C)(C)C(C)(C)C)[C@H]1C(=O)N2C(=NCc3ccccc3)[Se]/C(=C\I)C[C@H]12. The molecular weight excluding hydrogens is 558 g/mol. The van der Waals surface area contributed by atoms with Gasteiger partial charge in [-0.15, -0.1) is 0 Å². The van der Waals surface area contributed by atoms with Gasteiger partial charge in [0.25, 0.3) is 0 Å². The van der Waals surface area contributed by atoms with E-state index >= 15 is 0 Å². The number of hydrogen-bond donors (Lipinski definition) is 0. The topological polar surface area (TPSA) is 41.9 Å². The second-order valence-electron chi connectivity index (χ2n) is 9.35. The van der Waals surface area contributed by atoms with Crippen LogP contribution in [0.3, 0.4) is 0 Å². The van der Waals surface area contributed by atoms with Crippen molar-refractivity contribution in [3.8, 4) is 0 Å². The Morgan fingerprint density at radius 2 is 2.00 bits per heavy atom. The Labute approximate surface area is 196 Å². The summed E-state index contributed by atoms with van der Waals surface area (Å²) < 4.78 is 11.2. The van der Waals surface area contributed by atoms with Crippen LogP contribution in [0.1, 0.15) is 39.7 Å². The van der Waals surface area contributed by atoms with Crippen LogP contribution in [0.2, 0.25) is 18.1 Å². The third-order valence-electron chi connectivity index (χ3n) is 6.26. The van der Waals surface area contributed by atoms with Crippen LogP contribution >= 0.6 is 22.6 Å². The maximum atomic E-state index is 13.2. The molecule has 0 unspecified atom stereocenters. The quantitative estimate of drug-likeness (QED) is 0.271. The first-order chi connectivity index (χ1) is 13.5. The minimum absolute atomic E-state index is 0.0546. The molecule has 0 spiro atoms. The first-order valence-electron chi connectivity index (χ1n) is 10.1. The van der Waals surface area contributed by atoms with Gasteiger partial charge >= 0.3 is 197 Å². The molecule has 7 heteroatoms. The van der Waals surface area contributed by atoms with Crippen LogP contribution in [0.15, 0.2) is 43.9 Å². The Morgan fingerprint density at radius 1 is 1.34 bits per heavy atom. The van der Waals surface area contributed by atoms with Gasteiger partial charge in [-0.05, 0) is 0 Å². The molecule has 3 rings (SSSR count). The monoisotopic (exact) mass is 590 g/mol. The van der Waals surface area contributed by atoms with Crippen LogP contribution in [0.25, 0.3) is 0 Å². The molecule has 29 heavy (non-hydrogen) atoms. The van der Waals surface area contributed by atoms with E-state index in [2.05, 4.69) is 79.6 Å². The fourth-order valence-corrected chi connectivity index (χ4v) is 7.99. The zero-order chi connectivity index (χ0) is 21.4. The number of carbonyl (C=O) groups is 1. The van der Waals surface area contributed by atoms with Crippen LogP contribution in [0.4, 0.5) is 0 Å². The van der Waals surface area contributed by atoms with Crippen molar-refractivity contribution < 1.29 is 9.22 Å². The summed E-state index contributed by atoms with van der Waals surface area (Å²) in [6.07, 6.45) is 0.899. The molecule has 2 aliphatic rings. The Kier molecular flexibility index (Phi) is 7.16. The first kappa shape index (κ1) is 23.2. The van der Waals surface area contributed by atoms with Gasteiger partial charge in [0.2, 0.25) is 0 Å². The molecule has 0 N–H and O–H groups in total. The van der Waals surface area contributed by atoms with Crippen molar-refractivity contribution in [3.63, 3.8) is 0 Å². The number of aliphatic imine (C=N–C) groups is 1. The molecular formula is C22H31IN2O2SeSi. The summed E-state index contributed by atoms with van der Waals surface area (Å²) in [5, 5.41) is 0.138. The summed E-state index contributed by atoms with van der Waals surface area (Å²) in [5.74, 6) is 0.135. The predicted molar refractivity (Wildman–Crippen MR) is 132 cm³/mol. The number of β-lactam (4-membered cyclic amide) rings is 1. The van der Waals surface area contributed by atoms with Crippen molar-refractivity contribution >= 4 is 56.5 Å². The Morgan fingerprint density at radius 3 is 2.59 bits per heavy atom. The molecule has 2 heterocycles. The van der Waals surface area contributed by atoms with Crippen LogP contribution in [0, 0.1) is 5.92 Å². The van der Waals surface area contributed by atoms with Gasteiger partial charge in [0, 0.05) is 0 Å². The van der Waals surface area contributed by atoms with Crippen molar-refractivity contribution in [1.29, 1.82) is 0 Å². The molecule has 0 saturated carbocycles. The summed E-state index contributed by atoms with van der Waals surface area (Å²) in [4.78, 5) is 20.0. The summed E-state index contributed by atoms with van der Waals surface area (Å²) in [6.45, 7) is 14.0. The molecule has 3 atom stereocenters. The van der Waals surface area contributed by atoms with Gasteiger partial charge in [-0.1, -0.05) is 0 Å². The van der Waals surface area contributed by atoms with Crippen molar-refractivity contribution in [2.45, 2.75) is 70.9 Å². The second-order valence-corrected chi connectivity index (χ2v) is 17.0. The van der Waals surface area contributed by atoms with E-state index in [0.717, 1.165) is 11.2 Å². The molecule has 0 bridgehead atoms. The zero-order valence-electron chi connectivity index (χ0n) is 18.1. The summed E-state index contributed by atoms with van der Waals surface area (Å²) in [5.41, 5.74) is 1.18. The van der Waals surface area contributed by atoms with E-state index in [9.17, 15) is 4.79 Å². The number of halogens is 1. The van der Waals surface area contributed by atoms with Crippen molar-refractivity contribution in [2.24, 2.45) is 10.9 Å². The Hall–Kier alpha value is -0.474. The molecule has 2 fully saturated rings. The van der Waals surface area contributed by atoms with E-state index < -0.39 is 8.32 Å². The van der Waals surface area contributed by atoms with Crippen molar-refractivity contribution in [3.05, 3.63) is 44.4 Å². The molecule has 1 aromatic carbocycles. The van der Waals surface area contributed by atoms with Crippen molar-refractivity contribution in [2.75, 3.05) is 0 Å². The third kappa shape index (κ3) is 4.90. The number of benzene rings is 1. The molecule has 4 nitrogen and oxygen atoms in total. The number of carbonyl (C=O) groups excluding carboxylic acids is 1. The summed E-state index contributed by atoms with van der Waals surface area (Å²) in [7, 11) is -1.91. The molecule has 0 aromatic heterocycles. The van der Waals surface area contributed by atoms with Crippen LogP contribution in [-0.2, 0) is 15.8 Å². The standard InChI is InChI=1S/C22H31IN2O2SeSi/c1-15(27-29(5,6)22(2,3)4)19-18-12-17(13-23)28-21(25(18)20(19)26)24-14-16-10-8-7-9-11-16/h7-11,13,15,18-19H,12,14H2,1-6H3/b17-13-,24-21?/t15-,18-,19-/m1/s1. The van der Waals surface area contributed by atoms with E-state index in [-0.39, 0.29) is 44.0 Å². The molecule has 1 amide bonds. The summed E-state index contributed by atoms with van der Waals surface area (Å²) >= 11 is 2.45. The van der Waals surface area contributed by atoms with Crippen LogP contribution < -0.4 is 0 Å². The molecule has 158 valence electrons. The van der Waals surface area contributed by atoms with E-state index in [1.165, 1.54) is 10.0 Å². The average molecular weight is 589 g/mol. The zero-order valence-corrected chi connectivity index (χ0v) is 23.0. The third-order valence-corrected chi connectivity index (χ3v) is 14.7. The number of fused-ring (bicyclic) bond motifs is 1. The van der Waals surface area contributed by atoms with Gasteiger partial charge in [0.15, 0.2) is 0 Å². The Bertz CT molecular complexity index is 820. The average Bonchev–Trinajstić information content (AvgIpc) is 2.64. The number of amidine groups is 1. The maximum absolute atomic E-state index is 13.2. The second kappa shape index (κ2) is 8.95. The van der Waals surface area contributed by atoms with E-state index in [1.807, 2.05) is 23.1 Å². The molecule has 2 saturated heterocycles. The Balaban J connectivity index is 1.78. The van der Waals surface area contributed by atoms with E-state index in [1.54, 1.807) is 0 Å². The van der Waals surface area contributed by atoms with E-state index in [4.69, 9.17) is 9.42 Å². The molecule has 0 aliphatic carbocycles. The molecule has 2 aliphatic heterocycles. The minimum atomic E-state index is -1.91. The van der Waals surface area contributed by atoms with Gasteiger partial charge in [-0.3, -0.25) is 0 Å². The van der Waals surface area contributed by atoms with Crippen LogP contribution in [0.5, 0.6) is 0 Å². The van der Waals surface area contributed by atoms with Gasteiger partial charge in [-0.25, -0.2) is 0 Å². The number of nitrogens with zero attached hydrogens (tertiary/aromatic N) is 2. The van der Waals surface area contributed by atoms with Crippen LogP contribution in [-0.4, -0.2) is 51.0 Å². The number of hydrogen-bond acceptors (Lipinski definition) is 3. The summed E-state index contributed by atoms with van der Waals surface area (Å²) in [6, 6.07) is 10.4.